The summed E-state index contributed by atoms with van der Waals surface area (Å²) >= 11 is 2.07. The molecule has 1 aliphatic carbocycles. The summed E-state index contributed by atoms with van der Waals surface area (Å²) in [5, 5.41) is 4.13. The lowest BCUT2D eigenvalue weighted by Crippen LogP contribution is -2.01. The molecule has 0 bridgehead atoms. The number of hydrogen-bond acceptors (Lipinski definition) is 3. The topological polar surface area (TPSA) is 24.9 Å². The van der Waals surface area contributed by atoms with Gasteiger partial charge in [-0.15, -0.1) is 0 Å². The Kier molecular flexibility index (Phi) is 4.52. The van der Waals surface area contributed by atoms with E-state index in [1.165, 1.54) is 31.4 Å². The van der Waals surface area contributed by atoms with E-state index < -0.39 is 0 Å². The van der Waals surface area contributed by atoms with Gasteiger partial charge in [0.1, 0.15) is 5.82 Å². The van der Waals surface area contributed by atoms with Gasteiger partial charge >= 0.3 is 0 Å². The van der Waals surface area contributed by atoms with Gasteiger partial charge in [0.25, 0.3) is 0 Å². The second-order valence-electron chi connectivity index (χ2n) is 4.26. The Labute approximate surface area is 102 Å². The van der Waals surface area contributed by atoms with E-state index in [4.69, 9.17) is 0 Å². The maximum Gasteiger partial charge on any atom is 0.126 e. The van der Waals surface area contributed by atoms with Crippen LogP contribution in [0.5, 0.6) is 0 Å². The maximum absolute atomic E-state index is 4.59. The van der Waals surface area contributed by atoms with E-state index in [0.717, 1.165) is 23.4 Å². The van der Waals surface area contributed by atoms with Gasteiger partial charge in [-0.1, -0.05) is 18.9 Å². The second kappa shape index (κ2) is 6.14. The Balaban J connectivity index is 1.85. The van der Waals surface area contributed by atoms with Crippen molar-refractivity contribution in [2.24, 2.45) is 0 Å². The molecule has 1 aromatic rings. The molecule has 0 unspecified atom stereocenters. The summed E-state index contributed by atoms with van der Waals surface area (Å²) in [5.74, 6) is 2.07. The Hall–Kier alpha value is -0.700. The lowest BCUT2D eigenvalue weighted by atomic mass is 10.3. The third kappa shape index (κ3) is 3.41. The van der Waals surface area contributed by atoms with Crippen LogP contribution in [0.25, 0.3) is 0 Å². The molecule has 0 spiro atoms. The lowest BCUT2D eigenvalue weighted by molar-refractivity contribution is 0.886. The van der Waals surface area contributed by atoms with Crippen LogP contribution in [0, 0.1) is 0 Å². The van der Waals surface area contributed by atoms with Crippen LogP contribution >= 0.6 is 11.8 Å². The van der Waals surface area contributed by atoms with Crippen LogP contribution in [0.4, 0.5) is 5.82 Å². The Morgan fingerprint density at radius 3 is 2.94 bits per heavy atom. The highest BCUT2D eigenvalue weighted by atomic mass is 32.2. The molecular formula is C13H20N2S. The summed E-state index contributed by atoms with van der Waals surface area (Å²) in [6, 6.07) is 6.26. The Morgan fingerprint density at radius 2 is 2.19 bits per heavy atom. The SMILES string of the molecule is CCNc1cccc(CSC2CCCC2)n1. The molecule has 1 aromatic heterocycles. The molecule has 2 nitrogen and oxygen atoms in total. The molecular weight excluding hydrogens is 216 g/mol. The van der Waals surface area contributed by atoms with Crippen molar-refractivity contribution in [3.63, 3.8) is 0 Å². The van der Waals surface area contributed by atoms with Gasteiger partial charge < -0.3 is 5.32 Å². The lowest BCUT2D eigenvalue weighted by Gasteiger charge is -2.09. The second-order valence-corrected chi connectivity index (χ2v) is 5.55. The molecule has 1 N–H and O–H groups in total. The highest BCUT2D eigenvalue weighted by molar-refractivity contribution is 7.99. The zero-order valence-corrected chi connectivity index (χ0v) is 10.7. The highest BCUT2D eigenvalue weighted by Crippen LogP contribution is 2.31. The largest absolute Gasteiger partial charge is 0.370 e. The Bertz CT molecular complexity index is 321. The molecule has 0 radical (unpaired) electrons. The van der Waals surface area contributed by atoms with Crippen molar-refractivity contribution in [1.82, 2.24) is 4.98 Å². The number of rotatable bonds is 5. The molecule has 0 saturated heterocycles. The van der Waals surface area contributed by atoms with E-state index in [1.807, 2.05) is 6.07 Å². The molecule has 16 heavy (non-hydrogen) atoms. The number of nitrogens with zero attached hydrogens (tertiary/aromatic N) is 1. The summed E-state index contributed by atoms with van der Waals surface area (Å²) in [6.07, 6.45) is 5.64. The van der Waals surface area contributed by atoms with Gasteiger partial charge in [0.2, 0.25) is 0 Å². The number of anilines is 1. The van der Waals surface area contributed by atoms with E-state index in [0.29, 0.717) is 0 Å². The fourth-order valence-corrected chi connectivity index (χ4v) is 3.33. The van der Waals surface area contributed by atoms with Crippen LogP contribution in [0.15, 0.2) is 18.2 Å². The van der Waals surface area contributed by atoms with Crippen molar-refractivity contribution >= 4 is 17.6 Å². The monoisotopic (exact) mass is 236 g/mol. The maximum atomic E-state index is 4.59. The van der Waals surface area contributed by atoms with Crippen LogP contribution in [-0.4, -0.2) is 16.8 Å². The molecule has 1 fully saturated rings. The molecule has 0 amide bonds. The highest BCUT2D eigenvalue weighted by Gasteiger charge is 2.15. The van der Waals surface area contributed by atoms with Crippen LogP contribution in [-0.2, 0) is 5.75 Å². The van der Waals surface area contributed by atoms with Crippen molar-refractivity contribution in [2.75, 3.05) is 11.9 Å². The van der Waals surface area contributed by atoms with Crippen LogP contribution in [0.3, 0.4) is 0 Å². The molecule has 1 saturated carbocycles. The van der Waals surface area contributed by atoms with Crippen molar-refractivity contribution in [2.45, 2.75) is 43.6 Å². The molecule has 88 valence electrons. The van der Waals surface area contributed by atoms with Gasteiger partial charge in [0, 0.05) is 17.5 Å². The fraction of sp³-hybridized carbons (Fsp3) is 0.615. The quantitative estimate of drug-likeness (QED) is 0.844. The zero-order valence-electron chi connectivity index (χ0n) is 9.91. The van der Waals surface area contributed by atoms with Crippen molar-refractivity contribution < 1.29 is 0 Å². The van der Waals surface area contributed by atoms with Gasteiger partial charge in [0.05, 0.1) is 5.69 Å². The summed E-state index contributed by atoms with van der Waals surface area (Å²) in [7, 11) is 0. The van der Waals surface area contributed by atoms with Gasteiger partial charge in [-0.2, -0.15) is 11.8 Å². The molecule has 0 aromatic carbocycles. The number of pyridine rings is 1. The number of nitrogens with one attached hydrogen (secondary N) is 1. The summed E-state index contributed by atoms with van der Waals surface area (Å²) in [6.45, 7) is 3.04. The minimum Gasteiger partial charge on any atom is -0.370 e. The first kappa shape index (κ1) is 11.8. The average molecular weight is 236 g/mol. The van der Waals surface area contributed by atoms with Gasteiger partial charge in [-0.3, -0.25) is 0 Å². The molecule has 2 rings (SSSR count). The van der Waals surface area contributed by atoms with Gasteiger partial charge in [0.15, 0.2) is 0 Å². The van der Waals surface area contributed by atoms with Crippen LogP contribution in [0.1, 0.15) is 38.3 Å². The van der Waals surface area contributed by atoms with E-state index in [2.05, 4.69) is 41.1 Å². The van der Waals surface area contributed by atoms with E-state index in [1.54, 1.807) is 0 Å². The normalized spacial score (nSPS) is 16.6. The standard InChI is InChI=1S/C13H20N2S/c1-2-14-13-9-5-6-11(15-13)10-16-12-7-3-4-8-12/h5-6,9,12H,2-4,7-8,10H2,1H3,(H,14,15). The van der Waals surface area contributed by atoms with Crippen molar-refractivity contribution in [3.05, 3.63) is 23.9 Å². The number of hydrogen-bond donors (Lipinski definition) is 1. The molecule has 1 aliphatic rings. The van der Waals surface area contributed by atoms with Gasteiger partial charge in [-0.05, 0) is 31.9 Å². The first-order valence-corrected chi connectivity index (χ1v) is 7.25. The van der Waals surface area contributed by atoms with Gasteiger partial charge in [-0.25, -0.2) is 4.98 Å². The Morgan fingerprint density at radius 1 is 1.38 bits per heavy atom. The molecule has 0 atom stereocenters. The van der Waals surface area contributed by atoms with Crippen LogP contribution < -0.4 is 5.32 Å². The van der Waals surface area contributed by atoms with Crippen molar-refractivity contribution in [1.29, 1.82) is 0 Å². The average Bonchev–Trinajstić information content (AvgIpc) is 2.80. The third-order valence-electron chi connectivity index (χ3n) is 2.93. The molecule has 0 aliphatic heterocycles. The molecule has 1 heterocycles. The molecule has 3 heteroatoms. The summed E-state index contributed by atoms with van der Waals surface area (Å²) in [4.78, 5) is 4.59. The predicted molar refractivity (Wildman–Crippen MR) is 72.0 cm³/mol. The summed E-state index contributed by atoms with van der Waals surface area (Å²) < 4.78 is 0. The first-order chi connectivity index (χ1) is 7.88. The van der Waals surface area contributed by atoms with Crippen molar-refractivity contribution in [3.8, 4) is 0 Å². The van der Waals surface area contributed by atoms with Crippen LogP contribution in [0.2, 0.25) is 0 Å². The number of aromatic nitrogens is 1. The minimum atomic E-state index is 0.879. The third-order valence-corrected chi connectivity index (χ3v) is 4.34. The fourth-order valence-electron chi connectivity index (χ4n) is 2.10. The van der Waals surface area contributed by atoms with E-state index in [-0.39, 0.29) is 0 Å². The first-order valence-electron chi connectivity index (χ1n) is 6.20. The van der Waals surface area contributed by atoms with E-state index in [9.17, 15) is 0 Å². The minimum absolute atomic E-state index is 0.879. The smallest absolute Gasteiger partial charge is 0.126 e. The summed E-state index contributed by atoms with van der Waals surface area (Å²) in [5.41, 5.74) is 1.20. The number of thioether (sulfide) groups is 1. The van der Waals surface area contributed by atoms with E-state index >= 15 is 0 Å². The zero-order chi connectivity index (χ0) is 11.2. The predicted octanol–water partition coefficient (Wildman–Crippen LogP) is 3.69.